The van der Waals surface area contributed by atoms with Crippen LogP contribution in [0.3, 0.4) is 0 Å². The number of hydrogen-bond acceptors (Lipinski definition) is 4. The largest absolute Gasteiger partial charge is 0.507 e. The van der Waals surface area contributed by atoms with Crippen LogP contribution in [0.15, 0.2) is 29.4 Å². The Balaban J connectivity index is 2.68. The molecule has 0 saturated carbocycles. The molecule has 1 N–H and O–H groups in total. The summed E-state index contributed by atoms with van der Waals surface area (Å²) in [5.74, 6) is -0.398. The summed E-state index contributed by atoms with van der Waals surface area (Å²) in [7, 11) is 0. The molecule has 0 unspecified atom stereocenters. The van der Waals surface area contributed by atoms with Gasteiger partial charge in [0.15, 0.2) is 0 Å². The standard InChI is InChI=1S/C9H9NO3/c1-7(11)13-10-6-8-4-2-3-5-9(8)12/h2-6,12H,1H3. The van der Waals surface area contributed by atoms with E-state index in [9.17, 15) is 9.90 Å². The van der Waals surface area contributed by atoms with Gasteiger partial charge < -0.3 is 9.94 Å². The van der Waals surface area contributed by atoms with Crippen LogP contribution in [-0.2, 0) is 9.63 Å². The Hall–Kier alpha value is -1.84. The van der Waals surface area contributed by atoms with E-state index >= 15 is 0 Å². The van der Waals surface area contributed by atoms with E-state index in [-0.39, 0.29) is 5.75 Å². The van der Waals surface area contributed by atoms with Gasteiger partial charge in [0.25, 0.3) is 0 Å². The molecule has 0 atom stereocenters. The fraction of sp³-hybridized carbons (Fsp3) is 0.111. The number of nitrogens with zero attached hydrogens (tertiary/aromatic N) is 1. The highest BCUT2D eigenvalue weighted by atomic mass is 16.7. The molecule has 0 aliphatic heterocycles. The molecule has 1 aromatic rings. The molecule has 0 fully saturated rings. The van der Waals surface area contributed by atoms with Crippen molar-refractivity contribution in [3.8, 4) is 5.75 Å². The smallest absolute Gasteiger partial charge is 0.331 e. The van der Waals surface area contributed by atoms with Crippen LogP contribution in [0.2, 0.25) is 0 Å². The second-order valence-corrected chi connectivity index (χ2v) is 2.38. The maximum Gasteiger partial charge on any atom is 0.331 e. The van der Waals surface area contributed by atoms with Crippen LogP contribution in [0.25, 0.3) is 0 Å². The van der Waals surface area contributed by atoms with Gasteiger partial charge in [-0.05, 0) is 12.1 Å². The number of para-hydroxylation sites is 1. The quantitative estimate of drug-likeness (QED) is 0.422. The Morgan fingerprint density at radius 3 is 2.85 bits per heavy atom. The predicted molar refractivity (Wildman–Crippen MR) is 47.5 cm³/mol. The average Bonchev–Trinajstić information content (AvgIpc) is 2.08. The number of benzene rings is 1. The second kappa shape index (κ2) is 4.25. The Kier molecular flexibility index (Phi) is 3.03. The number of aromatic hydroxyl groups is 1. The number of carbonyl (C=O) groups is 1. The van der Waals surface area contributed by atoms with Gasteiger partial charge in [0.2, 0.25) is 0 Å². The molecule has 0 bridgehead atoms. The van der Waals surface area contributed by atoms with E-state index in [1.165, 1.54) is 19.2 Å². The van der Waals surface area contributed by atoms with Gasteiger partial charge in [-0.3, -0.25) is 0 Å². The Morgan fingerprint density at radius 1 is 1.54 bits per heavy atom. The third kappa shape index (κ3) is 2.94. The Bertz CT molecular complexity index is 333. The Labute approximate surface area is 75.4 Å². The van der Waals surface area contributed by atoms with Gasteiger partial charge >= 0.3 is 5.97 Å². The predicted octanol–water partition coefficient (Wildman–Crippen LogP) is 1.29. The zero-order valence-electron chi connectivity index (χ0n) is 7.10. The van der Waals surface area contributed by atoms with Crippen LogP contribution in [0, 0.1) is 0 Å². The molecule has 0 aliphatic rings. The molecule has 4 nitrogen and oxygen atoms in total. The van der Waals surface area contributed by atoms with Crippen molar-refractivity contribution in [2.75, 3.05) is 0 Å². The fourth-order valence-corrected chi connectivity index (χ4v) is 0.754. The fourth-order valence-electron chi connectivity index (χ4n) is 0.754. The van der Waals surface area contributed by atoms with Crippen molar-refractivity contribution in [2.45, 2.75) is 6.92 Å². The topological polar surface area (TPSA) is 58.9 Å². The minimum absolute atomic E-state index is 0.0957. The summed E-state index contributed by atoms with van der Waals surface area (Å²) >= 11 is 0. The minimum Gasteiger partial charge on any atom is -0.507 e. The summed E-state index contributed by atoms with van der Waals surface area (Å²) in [4.78, 5) is 14.6. The zero-order valence-corrected chi connectivity index (χ0v) is 7.10. The number of carbonyl (C=O) groups excluding carboxylic acids is 1. The van der Waals surface area contributed by atoms with Gasteiger partial charge in [-0.1, -0.05) is 17.3 Å². The van der Waals surface area contributed by atoms with Crippen molar-refractivity contribution in [2.24, 2.45) is 5.16 Å². The van der Waals surface area contributed by atoms with Crippen molar-refractivity contribution in [3.05, 3.63) is 29.8 Å². The normalized spacial score (nSPS) is 10.2. The molecule has 4 heteroatoms. The third-order valence-electron chi connectivity index (χ3n) is 1.31. The number of rotatable bonds is 2. The summed E-state index contributed by atoms with van der Waals surface area (Å²) in [5.41, 5.74) is 0.503. The van der Waals surface area contributed by atoms with Crippen molar-refractivity contribution in [1.29, 1.82) is 0 Å². The molecule has 0 spiro atoms. The SMILES string of the molecule is CC(=O)ON=Cc1ccccc1O. The summed E-state index contributed by atoms with van der Waals surface area (Å²) in [6.07, 6.45) is 1.27. The van der Waals surface area contributed by atoms with Crippen LogP contribution in [0.1, 0.15) is 12.5 Å². The highest BCUT2D eigenvalue weighted by Crippen LogP contribution is 2.12. The van der Waals surface area contributed by atoms with Crippen LogP contribution in [0.5, 0.6) is 5.75 Å². The van der Waals surface area contributed by atoms with Gasteiger partial charge in [-0.2, -0.15) is 0 Å². The molecular formula is C9H9NO3. The number of phenols is 1. The first-order chi connectivity index (χ1) is 6.20. The van der Waals surface area contributed by atoms with Gasteiger partial charge in [-0.25, -0.2) is 4.79 Å². The molecule has 13 heavy (non-hydrogen) atoms. The van der Waals surface area contributed by atoms with Gasteiger partial charge in [-0.15, -0.1) is 0 Å². The maximum absolute atomic E-state index is 10.3. The molecule has 0 heterocycles. The lowest BCUT2D eigenvalue weighted by atomic mass is 10.2. The van der Waals surface area contributed by atoms with E-state index in [1.54, 1.807) is 18.2 Å². The maximum atomic E-state index is 10.3. The van der Waals surface area contributed by atoms with Crippen LogP contribution in [-0.4, -0.2) is 17.3 Å². The molecule has 0 aliphatic carbocycles. The average molecular weight is 179 g/mol. The van der Waals surface area contributed by atoms with Crippen LogP contribution < -0.4 is 0 Å². The third-order valence-corrected chi connectivity index (χ3v) is 1.31. The second-order valence-electron chi connectivity index (χ2n) is 2.38. The number of oxime groups is 1. The van der Waals surface area contributed by atoms with Gasteiger partial charge in [0.05, 0.1) is 6.21 Å². The highest BCUT2D eigenvalue weighted by Gasteiger charge is 1.95. The van der Waals surface area contributed by atoms with E-state index in [0.29, 0.717) is 5.56 Å². The van der Waals surface area contributed by atoms with Gasteiger partial charge in [0, 0.05) is 12.5 Å². The van der Waals surface area contributed by atoms with Gasteiger partial charge in [0.1, 0.15) is 5.75 Å². The summed E-state index contributed by atoms with van der Waals surface area (Å²) in [6.45, 7) is 1.25. The van der Waals surface area contributed by atoms with Crippen molar-refractivity contribution in [1.82, 2.24) is 0 Å². The molecule has 68 valence electrons. The summed E-state index contributed by atoms with van der Waals surface area (Å²) in [5, 5.41) is 12.6. The first-order valence-corrected chi connectivity index (χ1v) is 3.69. The molecule has 1 rings (SSSR count). The molecule has 1 aromatic carbocycles. The van der Waals surface area contributed by atoms with Crippen LogP contribution >= 0.6 is 0 Å². The summed E-state index contributed by atoms with van der Waals surface area (Å²) < 4.78 is 0. The van der Waals surface area contributed by atoms with E-state index in [4.69, 9.17) is 0 Å². The molecule has 0 amide bonds. The summed E-state index contributed by atoms with van der Waals surface area (Å²) in [6, 6.07) is 6.62. The van der Waals surface area contributed by atoms with E-state index in [0.717, 1.165) is 0 Å². The monoisotopic (exact) mass is 179 g/mol. The lowest BCUT2D eigenvalue weighted by molar-refractivity contribution is -0.140. The van der Waals surface area contributed by atoms with Crippen molar-refractivity contribution >= 4 is 12.2 Å². The first kappa shape index (κ1) is 9.25. The minimum atomic E-state index is -0.494. The molecule has 0 saturated heterocycles. The van der Waals surface area contributed by atoms with Crippen LogP contribution in [0.4, 0.5) is 0 Å². The first-order valence-electron chi connectivity index (χ1n) is 3.69. The Morgan fingerprint density at radius 2 is 2.23 bits per heavy atom. The number of hydrogen-bond donors (Lipinski definition) is 1. The molecule has 0 aromatic heterocycles. The van der Waals surface area contributed by atoms with Crippen molar-refractivity contribution < 1.29 is 14.7 Å². The molecule has 0 radical (unpaired) electrons. The van der Waals surface area contributed by atoms with E-state index < -0.39 is 5.97 Å². The lowest BCUT2D eigenvalue weighted by Gasteiger charge is -1.95. The molecular weight excluding hydrogens is 170 g/mol. The van der Waals surface area contributed by atoms with E-state index in [2.05, 4.69) is 9.99 Å². The van der Waals surface area contributed by atoms with Crippen molar-refractivity contribution in [3.63, 3.8) is 0 Å². The lowest BCUT2D eigenvalue weighted by Crippen LogP contribution is -1.91. The van der Waals surface area contributed by atoms with E-state index in [1.807, 2.05) is 0 Å². The highest BCUT2D eigenvalue weighted by molar-refractivity contribution is 5.83. The zero-order chi connectivity index (χ0) is 9.68. The number of phenolic OH excluding ortho intramolecular Hbond substituents is 1.